The Morgan fingerprint density at radius 2 is 2.09 bits per heavy atom. The van der Waals surface area contributed by atoms with Gasteiger partial charge in [0, 0.05) is 18.2 Å². The summed E-state index contributed by atoms with van der Waals surface area (Å²) in [6.07, 6.45) is 5.36. The van der Waals surface area contributed by atoms with E-state index in [2.05, 4.69) is 15.6 Å². The van der Waals surface area contributed by atoms with Crippen molar-refractivity contribution < 1.29 is 4.79 Å². The molecule has 6 heteroatoms. The first-order valence-corrected chi connectivity index (χ1v) is 8.38. The fraction of sp³-hybridized carbons (Fsp3) is 0.529. The van der Waals surface area contributed by atoms with Crippen molar-refractivity contribution in [2.75, 3.05) is 20.1 Å². The van der Waals surface area contributed by atoms with Gasteiger partial charge in [0.2, 0.25) is 0 Å². The van der Waals surface area contributed by atoms with Gasteiger partial charge < -0.3 is 15.6 Å². The molecule has 0 saturated heterocycles. The lowest BCUT2D eigenvalue weighted by Crippen LogP contribution is -2.26. The third-order valence-corrected chi connectivity index (χ3v) is 4.56. The molecule has 0 atom stereocenters. The van der Waals surface area contributed by atoms with Crippen LogP contribution in [0.25, 0.3) is 11.0 Å². The van der Waals surface area contributed by atoms with Crippen LogP contribution in [0.5, 0.6) is 0 Å². The summed E-state index contributed by atoms with van der Waals surface area (Å²) in [6.45, 7) is 1.51. The minimum absolute atomic E-state index is 0.0709. The maximum Gasteiger partial charge on any atom is 0.326 e. The first-order chi connectivity index (χ1) is 11.2. The Kier molecular flexibility index (Phi) is 4.81. The van der Waals surface area contributed by atoms with Crippen LogP contribution in [0, 0.1) is 0 Å². The zero-order valence-corrected chi connectivity index (χ0v) is 13.5. The molecule has 1 aliphatic rings. The Hall–Kier alpha value is -2.08. The number of carbonyl (C=O) groups excluding carboxylic acids is 1. The number of imidazole rings is 1. The number of aromatic nitrogens is 2. The molecule has 1 fully saturated rings. The van der Waals surface area contributed by atoms with Crippen molar-refractivity contribution in [1.29, 1.82) is 0 Å². The molecule has 0 bridgehead atoms. The predicted molar refractivity (Wildman–Crippen MR) is 90.9 cm³/mol. The quantitative estimate of drug-likeness (QED) is 0.711. The van der Waals surface area contributed by atoms with E-state index in [0.717, 1.165) is 36.8 Å². The summed E-state index contributed by atoms with van der Waals surface area (Å²) in [6, 6.07) is 5.75. The molecule has 3 rings (SSSR count). The van der Waals surface area contributed by atoms with Gasteiger partial charge in [-0.25, -0.2) is 4.79 Å². The van der Waals surface area contributed by atoms with Gasteiger partial charge >= 0.3 is 5.69 Å². The first kappa shape index (κ1) is 15.8. The van der Waals surface area contributed by atoms with Gasteiger partial charge in [0.1, 0.15) is 0 Å². The number of amides is 1. The smallest absolute Gasteiger partial charge is 0.326 e. The fourth-order valence-corrected chi connectivity index (χ4v) is 3.37. The number of benzene rings is 1. The van der Waals surface area contributed by atoms with Crippen molar-refractivity contribution in [3.8, 4) is 0 Å². The Morgan fingerprint density at radius 1 is 1.30 bits per heavy atom. The van der Waals surface area contributed by atoms with Gasteiger partial charge in [0.05, 0.1) is 11.0 Å². The van der Waals surface area contributed by atoms with E-state index in [1.165, 1.54) is 12.8 Å². The summed E-state index contributed by atoms with van der Waals surface area (Å²) in [5.74, 6) is -0.0996. The van der Waals surface area contributed by atoms with Crippen molar-refractivity contribution in [3.63, 3.8) is 0 Å². The van der Waals surface area contributed by atoms with Crippen molar-refractivity contribution in [3.05, 3.63) is 34.2 Å². The molecule has 124 valence electrons. The molecule has 1 aromatic heterocycles. The van der Waals surface area contributed by atoms with Crippen molar-refractivity contribution >= 4 is 16.9 Å². The Balaban J connectivity index is 1.80. The highest BCUT2D eigenvalue weighted by Crippen LogP contribution is 2.30. The van der Waals surface area contributed by atoms with Crippen LogP contribution >= 0.6 is 0 Å². The molecule has 1 amide bonds. The zero-order valence-electron chi connectivity index (χ0n) is 13.5. The molecule has 0 aliphatic heterocycles. The van der Waals surface area contributed by atoms with Gasteiger partial charge in [-0.2, -0.15) is 0 Å². The van der Waals surface area contributed by atoms with E-state index < -0.39 is 0 Å². The standard InChI is InChI=1S/C17H24N4O2/c1-18-9-4-10-19-16(22)12-7-8-15-14(11-12)20-17(23)21(15)13-5-2-3-6-13/h7-8,11,13,18H,2-6,9-10H2,1H3,(H,19,22)(H,20,23). The number of hydrogen-bond acceptors (Lipinski definition) is 3. The van der Waals surface area contributed by atoms with Crippen LogP contribution < -0.4 is 16.3 Å². The largest absolute Gasteiger partial charge is 0.352 e. The van der Waals surface area contributed by atoms with Crippen molar-refractivity contribution in [2.45, 2.75) is 38.1 Å². The number of aromatic amines is 1. The zero-order chi connectivity index (χ0) is 16.2. The molecule has 6 nitrogen and oxygen atoms in total. The highest BCUT2D eigenvalue weighted by molar-refractivity contribution is 5.97. The van der Waals surface area contributed by atoms with Crippen molar-refractivity contribution in [1.82, 2.24) is 20.2 Å². The number of nitrogens with one attached hydrogen (secondary N) is 3. The number of carbonyl (C=O) groups is 1. The van der Waals surface area contributed by atoms with E-state index in [1.807, 2.05) is 17.7 Å². The molecule has 1 heterocycles. The summed E-state index contributed by atoms with van der Waals surface area (Å²) in [5.41, 5.74) is 2.15. The highest BCUT2D eigenvalue weighted by atomic mass is 16.2. The summed E-state index contributed by atoms with van der Waals surface area (Å²) in [4.78, 5) is 27.3. The van der Waals surface area contributed by atoms with Crippen LogP contribution in [0.15, 0.2) is 23.0 Å². The molecule has 1 aliphatic carbocycles. The maximum absolute atomic E-state index is 12.3. The van der Waals surface area contributed by atoms with Crippen LogP contribution in [-0.4, -0.2) is 35.6 Å². The van der Waals surface area contributed by atoms with Crippen LogP contribution in [0.1, 0.15) is 48.5 Å². The minimum Gasteiger partial charge on any atom is -0.352 e. The number of fused-ring (bicyclic) bond motifs is 1. The second-order valence-corrected chi connectivity index (χ2v) is 6.18. The SMILES string of the molecule is CNCCCNC(=O)c1ccc2c(c1)[nH]c(=O)n2C1CCCC1. The van der Waals surface area contributed by atoms with Gasteiger partial charge in [-0.05, 0) is 51.1 Å². The van der Waals surface area contributed by atoms with E-state index in [0.29, 0.717) is 12.1 Å². The molecule has 3 N–H and O–H groups in total. The maximum atomic E-state index is 12.3. The van der Waals surface area contributed by atoms with Gasteiger partial charge in [0.25, 0.3) is 5.91 Å². The third-order valence-electron chi connectivity index (χ3n) is 4.56. The summed E-state index contributed by atoms with van der Waals surface area (Å²) in [5, 5.41) is 5.94. The molecular weight excluding hydrogens is 292 g/mol. The lowest BCUT2D eigenvalue weighted by Gasteiger charge is -2.11. The van der Waals surface area contributed by atoms with Crippen molar-refractivity contribution in [2.24, 2.45) is 0 Å². The van der Waals surface area contributed by atoms with Gasteiger partial charge in [-0.1, -0.05) is 12.8 Å². The van der Waals surface area contributed by atoms with Crippen LogP contribution in [-0.2, 0) is 0 Å². The van der Waals surface area contributed by atoms with Gasteiger partial charge in [-0.3, -0.25) is 9.36 Å². The lowest BCUT2D eigenvalue weighted by molar-refractivity contribution is 0.0953. The topological polar surface area (TPSA) is 78.9 Å². The molecule has 23 heavy (non-hydrogen) atoms. The average Bonchev–Trinajstić information content (AvgIpc) is 3.16. The predicted octanol–water partition coefficient (Wildman–Crippen LogP) is 1.78. The van der Waals surface area contributed by atoms with Gasteiger partial charge in [-0.15, -0.1) is 0 Å². The number of hydrogen-bond donors (Lipinski definition) is 3. The lowest BCUT2D eigenvalue weighted by atomic mass is 10.1. The Morgan fingerprint density at radius 3 is 2.83 bits per heavy atom. The molecule has 0 spiro atoms. The molecule has 0 unspecified atom stereocenters. The Bertz CT molecular complexity index is 741. The van der Waals surface area contributed by atoms with Crippen LogP contribution in [0.3, 0.4) is 0 Å². The molecule has 0 radical (unpaired) electrons. The summed E-state index contributed by atoms with van der Waals surface area (Å²) >= 11 is 0. The number of H-pyrrole nitrogens is 1. The normalized spacial score (nSPS) is 15.3. The molecule has 1 saturated carbocycles. The molecular formula is C17H24N4O2. The third kappa shape index (κ3) is 3.32. The highest BCUT2D eigenvalue weighted by Gasteiger charge is 2.21. The van der Waals surface area contributed by atoms with Crippen LogP contribution in [0.4, 0.5) is 0 Å². The average molecular weight is 316 g/mol. The van der Waals surface area contributed by atoms with E-state index in [1.54, 1.807) is 12.1 Å². The second kappa shape index (κ2) is 7.00. The minimum atomic E-state index is -0.0996. The molecule has 1 aromatic carbocycles. The first-order valence-electron chi connectivity index (χ1n) is 8.38. The van der Waals surface area contributed by atoms with Crippen LogP contribution in [0.2, 0.25) is 0 Å². The second-order valence-electron chi connectivity index (χ2n) is 6.18. The summed E-state index contributed by atoms with van der Waals surface area (Å²) < 4.78 is 1.86. The number of nitrogens with zero attached hydrogens (tertiary/aromatic N) is 1. The monoisotopic (exact) mass is 316 g/mol. The Labute approximate surface area is 135 Å². The van der Waals surface area contributed by atoms with E-state index in [9.17, 15) is 9.59 Å². The van der Waals surface area contributed by atoms with E-state index in [4.69, 9.17) is 0 Å². The van der Waals surface area contributed by atoms with E-state index in [-0.39, 0.29) is 17.6 Å². The summed E-state index contributed by atoms with van der Waals surface area (Å²) in [7, 11) is 1.89. The molecule has 2 aromatic rings. The fourth-order valence-electron chi connectivity index (χ4n) is 3.37. The van der Waals surface area contributed by atoms with E-state index >= 15 is 0 Å². The van der Waals surface area contributed by atoms with Gasteiger partial charge in [0.15, 0.2) is 0 Å². The number of rotatable bonds is 6.